The molecule has 0 unspecified atom stereocenters. The van der Waals surface area contributed by atoms with E-state index in [0.717, 1.165) is 0 Å². The van der Waals surface area contributed by atoms with E-state index in [4.69, 9.17) is 0 Å². The van der Waals surface area contributed by atoms with Gasteiger partial charge in [0.15, 0.2) is 11.9 Å². The van der Waals surface area contributed by atoms with E-state index in [1.165, 1.54) is 6.92 Å². The number of halogens is 3. The number of aromatic hydroxyl groups is 1. The first kappa shape index (κ1) is 15.5. The molecule has 0 saturated heterocycles. The molecule has 11 heteroatoms. The van der Waals surface area contributed by atoms with Gasteiger partial charge in [0, 0.05) is 0 Å². The summed E-state index contributed by atoms with van der Waals surface area (Å²) in [5, 5.41) is 19.9. The van der Waals surface area contributed by atoms with Gasteiger partial charge in [0.1, 0.15) is 0 Å². The number of aromatic nitrogens is 1. The first-order chi connectivity index (χ1) is 9.17. The molecule has 0 spiro atoms. The van der Waals surface area contributed by atoms with E-state index in [1.54, 1.807) is 0 Å². The SMILES string of the molecule is CCOC(=O)c1c([N+](=O)[O-])ncc(O)c1OC(F)(F)F. The zero-order valence-electron chi connectivity index (χ0n) is 9.80. The van der Waals surface area contributed by atoms with Crippen LogP contribution in [0.15, 0.2) is 6.20 Å². The maximum Gasteiger partial charge on any atom is 0.573 e. The molecule has 110 valence electrons. The van der Waals surface area contributed by atoms with E-state index in [0.29, 0.717) is 6.20 Å². The highest BCUT2D eigenvalue weighted by molar-refractivity contribution is 5.97. The minimum atomic E-state index is -5.27. The minimum absolute atomic E-state index is 0.253. The number of alkyl halides is 3. The molecule has 0 fully saturated rings. The van der Waals surface area contributed by atoms with E-state index in [-0.39, 0.29) is 6.61 Å². The first-order valence-electron chi connectivity index (χ1n) is 4.96. The van der Waals surface area contributed by atoms with Crippen LogP contribution in [0.1, 0.15) is 17.3 Å². The molecular weight excluding hydrogens is 289 g/mol. The van der Waals surface area contributed by atoms with Crippen molar-refractivity contribution in [3.05, 3.63) is 21.9 Å². The summed E-state index contributed by atoms with van der Waals surface area (Å²) in [6, 6.07) is 0. The van der Waals surface area contributed by atoms with Gasteiger partial charge in [0.2, 0.25) is 11.3 Å². The van der Waals surface area contributed by atoms with Crippen molar-refractivity contribution in [1.29, 1.82) is 0 Å². The highest BCUT2D eigenvalue weighted by atomic mass is 19.4. The van der Waals surface area contributed by atoms with Crippen LogP contribution in [0.4, 0.5) is 19.0 Å². The molecular formula is C9H7F3N2O6. The van der Waals surface area contributed by atoms with Crippen LogP contribution in [0.25, 0.3) is 0 Å². The van der Waals surface area contributed by atoms with Crippen molar-refractivity contribution in [3.63, 3.8) is 0 Å². The molecule has 1 N–H and O–H groups in total. The Balaban J connectivity index is 3.49. The van der Waals surface area contributed by atoms with Gasteiger partial charge in [0.25, 0.3) is 0 Å². The van der Waals surface area contributed by atoms with Gasteiger partial charge in [0.05, 0.1) is 6.61 Å². The molecule has 0 aliphatic heterocycles. The zero-order valence-corrected chi connectivity index (χ0v) is 9.80. The Hall–Kier alpha value is -2.59. The Morgan fingerprint density at radius 1 is 1.55 bits per heavy atom. The van der Waals surface area contributed by atoms with Gasteiger partial charge in [-0.2, -0.15) is 0 Å². The van der Waals surface area contributed by atoms with Crippen molar-refractivity contribution in [2.75, 3.05) is 6.61 Å². The molecule has 0 aromatic carbocycles. The lowest BCUT2D eigenvalue weighted by Crippen LogP contribution is -2.21. The lowest BCUT2D eigenvalue weighted by molar-refractivity contribution is -0.390. The Kier molecular flexibility index (Phi) is 4.32. The van der Waals surface area contributed by atoms with Crippen LogP contribution in [-0.4, -0.2) is 34.0 Å². The minimum Gasteiger partial charge on any atom is -0.502 e. The van der Waals surface area contributed by atoms with Crippen LogP contribution in [0.3, 0.4) is 0 Å². The molecule has 0 aliphatic rings. The van der Waals surface area contributed by atoms with E-state index in [1.807, 2.05) is 0 Å². The number of carbonyl (C=O) groups excluding carboxylic acids is 1. The number of rotatable bonds is 4. The van der Waals surface area contributed by atoms with Crippen LogP contribution >= 0.6 is 0 Å². The molecule has 0 radical (unpaired) electrons. The molecule has 1 heterocycles. The highest BCUT2D eigenvalue weighted by Crippen LogP contribution is 2.38. The number of pyridine rings is 1. The zero-order chi connectivity index (χ0) is 15.5. The first-order valence-corrected chi connectivity index (χ1v) is 4.96. The van der Waals surface area contributed by atoms with Crippen LogP contribution in [0.2, 0.25) is 0 Å². The third-order valence-corrected chi connectivity index (χ3v) is 1.86. The molecule has 20 heavy (non-hydrogen) atoms. The molecule has 1 aromatic heterocycles. The number of esters is 1. The number of hydrogen-bond acceptors (Lipinski definition) is 7. The van der Waals surface area contributed by atoms with Gasteiger partial charge in [-0.1, -0.05) is 0 Å². The Morgan fingerprint density at radius 3 is 2.60 bits per heavy atom. The van der Waals surface area contributed by atoms with Gasteiger partial charge in [-0.25, -0.2) is 4.79 Å². The van der Waals surface area contributed by atoms with Crippen molar-refractivity contribution in [3.8, 4) is 11.5 Å². The largest absolute Gasteiger partial charge is 0.573 e. The predicted molar refractivity (Wildman–Crippen MR) is 55.2 cm³/mol. The van der Waals surface area contributed by atoms with E-state index < -0.39 is 40.1 Å². The molecule has 0 saturated carbocycles. The number of nitrogens with zero attached hydrogens (tertiary/aromatic N) is 2. The van der Waals surface area contributed by atoms with E-state index in [2.05, 4.69) is 14.5 Å². The van der Waals surface area contributed by atoms with E-state index in [9.17, 15) is 33.2 Å². The van der Waals surface area contributed by atoms with Crippen molar-refractivity contribution in [2.24, 2.45) is 0 Å². The van der Waals surface area contributed by atoms with Crippen LogP contribution < -0.4 is 4.74 Å². The summed E-state index contributed by atoms with van der Waals surface area (Å²) >= 11 is 0. The topological polar surface area (TPSA) is 112 Å². The molecule has 1 rings (SSSR count). The number of hydrogen-bond donors (Lipinski definition) is 1. The van der Waals surface area contributed by atoms with Crippen LogP contribution in [-0.2, 0) is 4.74 Å². The lowest BCUT2D eigenvalue weighted by atomic mass is 10.2. The summed E-state index contributed by atoms with van der Waals surface area (Å²) in [4.78, 5) is 24.1. The summed E-state index contributed by atoms with van der Waals surface area (Å²) in [6.07, 6.45) is -4.91. The van der Waals surface area contributed by atoms with Gasteiger partial charge in [-0.3, -0.25) is 0 Å². The van der Waals surface area contributed by atoms with Gasteiger partial charge >= 0.3 is 18.1 Å². The Bertz CT molecular complexity index is 545. The maximum absolute atomic E-state index is 12.2. The second kappa shape index (κ2) is 5.59. The summed E-state index contributed by atoms with van der Waals surface area (Å²) in [5.74, 6) is -5.31. The Labute approximate surface area is 108 Å². The predicted octanol–water partition coefficient (Wildman–Crippen LogP) is 1.77. The maximum atomic E-state index is 12.2. The highest BCUT2D eigenvalue weighted by Gasteiger charge is 2.39. The summed E-state index contributed by atoms with van der Waals surface area (Å²) in [6.45, 7) is 1.08. The molecule has 0 aliphatic carbocycles. The van der Waals surface area contributed by atoms with Crippen molar-refractivity contribution >= 4 is 11.8 Å². The molecule has 1 aromatic rings. The van der Waals surface area contributed by atoms with Gasteiger partial charge in [-0.15, -0.1) is 13.2 Å². The quantitative estimate of drug-likeness (QED) is 0.512. The summed E-state index contributed by atoms with van der Waals surface area (Å²) < 4.78 is 44.4. The molecule has 0 atom stereocenters. The smallest absolute Gasteiger partial charge is 0.502 e. The lowest BCUT2D eigenvalue weighted by Gasteiger charge is -2.12. The van der Waals surface area contributed by atoms with Crippen molar-refractivity contribution in [1.82, 2.24) is 4.98 Å². The second-order valence-corrected chi connectivity index (χ2v) is 3.20. The third kappa shape index (κ3) is 3.46. The van der Waals surface area contributed by atoms with Crippen LogP contribution in [0.5, 0.6) is 11.5 Å². The molecule has 0 amide bonds. The third-order valence-electron chi connectivity index (χ3n) is 1.86. The standard InChI is InChI=1S/C9H7F3N2O6/c1-2-19-8(16)5-6(20-9(10,11)12)4(15)3-13-7(5)14(17)18/h3,15H,2H2,1H3. The number of carbonyl (C=O) groups is 1. The number of ether oxygens (including phenoxy) is 2. The summed E-state index contributed by atoms with van der Waals surface area (Å²) in [7, 11) is 0. The second-order valence-electron chi connectivity index (χ2n) is 3.20. The fourth-order valence-electron chi connectivity index (χ4n) is 1.22. The van der Waals surface area contributed by atoms with Gasteiger partial charge in [-0.05, 0) is 16.8 Å². The Morgan fingerprint density at radius 2 is 2.15 bits per heavy atom. The van der Waals surface area contributed by atoms with Crippen molar-refractivity contribution < 1.29 is 37.5 Å². The van der Waals surface area contributed by atoms with Gasteiger partial charge < -0.3 is 24.7 Å². The monoisotopic (exact) mass is 296 g/mol. The molecule has 0 bridgehead atoms. The molecule has 8 nitrogen and oxygen atoms in total. The fraction of sp³-hybridized carbons (Fsp3) is 0.333. The fourth-order valence-corrected chi connectivity index (χ4v) is 1.22. The van der Waals surface area contributed by atoms with Crippen molar-refractivity contribution in [2.45, 2.75) is 13.3 Å². The summed E-state index contributed by atoms with van der Waals surface area (Å²) in [5.41, 5.74) is -1.21. The average Bonchev–Trinajstić information content (AvgIpc) is 2.29. The van der Waals surface area contributed by atoms with E-state index >= 15 is 0 Å². The average molecular weight is 296 g/mol. The normalized spacial score (nSPS) is 11.0. The van der Waals surface area contributed by atoms with Crippen LogP contribution in [0, 0.1) is 10.1 Å². The number of nitro groups is 1.